The van der Waals surface area contributed by atoms with Crippen LogP contribution in [0.4, 0.5) is 14.5 Å². The van der Waals surface area contributed by atoms with Crippen LogP contribution < -0.4 is 0 Å². The fraction of sp³-hybridized carbons (Fsp3) is 0. The first-order valence-corrected chi connectivity index (χ1v) is 3.71. The van der Waals surface area contributed by atoms with Crippen molar-refractivity contribution in [1.29, 1.82) is 0 Å². The van der Waals surface area contributed by atoms with Crippen molar-refractivity contribution in [2.75, 3.05) is 0 Å². The first-order chi connectivity index (χ1) is 5.16. The van der Waals surface area contributed by atoms with Crippen molar-refractivity contribution in [3.8, 4) is 0 Å². The minimum atomic E-state index is -0.902. The van der Waals surface area contributed by atoms with Gasteiger partial charge in [-0.25, -0.2) is 8.78 Å². The average Bonchev–Trinajstić information content (AvgIpc) is 2.01. The zero-order valence-electron chi connectivity index (χ0n) is 5.14. The van der Waals surface area contributed by atoms with Gasteiger partial charge in [-0.1, -0.05) is 0 Å². The zero-order valence-corrected chi connectivity index (χ0v) is 7.30. The summed E-state index contributed by atoms with van der Waals surface area (Å²) in [6.45, 7) is 0. The van der Waals surface area contributed by atoms with Gasteiger partial charge in [-0.05, 0) is 39.9 Å². The molecule has 0 spiro atoms. The van der Waals surface area contributed by atoms with Gasteiger partial charge in [0, 0.05) is 0 Å². The summed E-state index contributed by atoms with van der Waals surface area (Å²) in [5.41, 5.74) is -0.365. The van der Waals surface area contributed by atoms with Gasteiger partial charge in [0.1, 0.15) is 11.5 Å². The van der Waals surface area contributed by atoms with Crippen molar-refractivity contribution in [2.45, 2.75) is 0 Å². The van der Waals surface area contributed by atoms with E-state index in [1.165, 1.54) is 22.6 Å². The normalized spacial score (nSPS) is 9.73. The fourth-order valence-corrected chi connectivity index (χ4v) is 1.04. The van der Waals surface area contributed by atoms with Gasteiger partial charge in [0.15, 0.2) is 5.82 Å². The molecule has 0 aliphatic heterocycles. The average molecular weight is 269 g/mol. The number of nitrogens with zero attached hydrogens (tertiary/aromatic N) is 1. The van der Waals surface area contributed by atoms with Crippen molar-refractivity contribution in [2.24, 2.45) is 5.18 Å². The molecule has 0 unspecified atom stereocenters. The minimum absolute atomic E-state index is 0.209. The van der Waals surface area contributed by atoms with E-state index >= 15 is 0 Å². The molecule has 0 radical (unpaired) electrons. The molecule has 0 amide bonds. The summed E-state index contributed by atoms with van der Waals surface area (Å²) in [5.74, 6) is -1.59. The molecule has 0 aliphatic rings. The molecule has 0 atom stereocenters. The lowest BCUT2D eigenvalue weighted by atomic mass is 10.3. The monoisotopic (exact) mass is 269 g/mol. The number of hydrogen-bond acceptors (Lipinski definition) is 2. The first-order valence-electron chi connectivity index (χ1n) is 2.63. The van der Waals surface area contributed by atoms with Crippen LogP contribution in [0, 0.1) is 20.1 Å². The number of halogens is 3. The van der Waals surface area contributed by atoms with Gasteiger partial charge in [-0.15, -0.1) is 4.91 Å². The molecule has 0 N–H and O–H groups in total. The van der Waals surface area contributed by atoms with Crippen LogP contribution in [0.1, 0.15) is 0 Å². The number of rotatable bonds is 1. The van der Waals surface area contributed by atoms with E-state index in [1.54, 1.807) is 0 Å². The maximum Gasteiger partial charge on any atom is 0.168 e. The van der Waals surface area contributed by atoms with Crippen LogP contribution in [0.3, 0.4) is 0 Å². The lowest BCUT2D eigenvalue weighted by Crippen LogP contribution is -1.87. The van der Waals surface area contributed by atoms with Crippen LogP contribution in [0.15, 0.2) is 17.3 Å². The summed E-state index contributed by atoms with van der Waals surface area (Å²) >= 11 is 1.47. The van der Waals surface area contributed by atoms with Crippen LogP contribution in [-0.2, 0) is 0 Å². The molecule has 1 aromatic carbocycles. The molecule has 0 heterocycles. The van der Waals surface area contributed by atoms with Crippen molar-refractivity contribution in [3.63, 3.8) is 0 Å². The number of hydrogen-bond donors (Lipinski definition) is 0. The molecule has 58 valence electrons. The quantitative estimate of drug-likeness (QED) is 0.438. The highest BCUT2D eigenvalue weighted by molar-refractivity contribution is 14.1. The topological polar surface area (TPSA) is 29.4 Å². The Labute approximate surface area is 74.7 Å². The zero-order chi connectivity index (χ0) is 8.43. The van der Waals surface area contributed by atoms with Gasteiger partial charge in [-0.3, -0.25) is 0 Å². The maximum atomic E-state index is 12.7. The second-order valence-corrected chi connectivity index (χ2v) is 2.86. The van der Waals surface area contributed by atoms with Crippen molar-refractivity contribution in [3.05, 3.63) is 32.2 Å². The third-order valence-electron chi connectivity index (χ3n) is 1.11. The van der Waals surface area contributed by atoms with Crippen LogP contribution in [0.5, 0.6) is 0 Å². The minimum Gasteiger partial charge on any atom is -0.206 e. The lowest BCUT2D eigenvalue weighted by Gasteiger charge is -1.96. The molecule has 0 fully saturated rings. The van der Waals surface area contributed by atoms with E-state index in [0.717, 1.165) is 12.1 Å². The van der Waals surface area contributed by atoms with E-state index in [2.05, 4.69) is 5.18 Å². The summed E-state index contributed by atoms with van der Waals surface area (Å²) in [7, 11) is 0. The van der Waals surface area contributed by atoms with E-state index in [-0.39, 0.29) is 9.26 Å². The molecular formula is C6H2F2INO. The third kappa shape index (κ3) is 1.52. The third-order valence-corrected chi connectivity index (χ3v) is 2.10. The molecule has 0 bridgehead atoms. The Kier molecular flexibility index (Phi) is 2.48. The van der Waals surface area contributed by atoms with Gasteiger partial charge >= 0.3 is 0 Å². The Hall–Kier alpha value is -0.590. The molecule has 0 aromatic heterocycles. The Morgan fingerprint density at radius 3 is 2.55 bits per heavy atom. The van der Waals surface area contributed by atoms with Crippen LogP contribution in [0.2, 0.25) is 0 Å². The Morgan fingerprint density at radius 2 is 2.00 bits per heavy atom. The van der Waals surface area contributed by atoms with Gasteiger partial charge in [0.2, 0.25) is 0 Å². The summed E-state index contributed by atoms with van der Waals surface area (Å²) in [6, 6.07) is 2.00. The van der Waals surface area contributed by atoms with Crippen molar-refractivity contribution < 1.29 is 8.78 Å². The van der Waals surface area contributed by atoms with Gasteiger partial charge in [-0.2, -0.15) is 0 Å². The maximum absolute atomic E-state index is 12.7. The molecule has 0 aliphatic carbocycles. The summed E-state index contributed by atoms with van der Waals surface area (Å²) in [6.07, 6.45) is 0. The molecular weight excluding hydrogens is 267 g/mol. The second kappa shape index (κ2) is 3.21. The van der Waals surface area contributed by atoms with Gasteiger partial charge in [0.25, 0.3) is 0 Å². The number of benzene rings is 1. The van der Waals surface area contributed by atoms with E-state index in [9.17, 15) is 13.7 Å². The molecule has 0 saturated heterocycles. The smallest absolute Gasteiger partial charge is 0.168 e. The first kappa shape index (κ1) is 8.51. The van der Waals surface area contributed by atoms with E-state index in [4.69, 9.17) is 0 Å². The van der Waals surface area contributed by atoms with E-state index in [0.29, 0.717) is 0 Å². The molecule has 1 aromatic rings. The predicted molar refractivity (Wildman–Crippen MR) is 44.5 cm³/mol. The molecule has 5 heteroatoms. The van der Waals surface area contributed by atoms with E-state index < -0.39 is 11.6 Å². The highest BCUT2D eigenvalue weighted by atomic mass is 127. The fourth-order valence-electron chi connectivity index (χ4n) is 0.586. The van der Waals surface area contributed by atoms with E-state index in [1.807, 2.05) is 0 Å². The highest BCUT2D eigenvalue weighted by Crippen LogP contribution is 2.24. The molecule has 1 rings (SSSR count). The van der Waals surface area contributed by atoms with Gasteiger partial charge in [0.05, 0.1) is 3.57 Å². The number of nitroso groups, excluding NO2 is 1. The molecule has 0 saturated carbocycles. The summed E-state index contributed by atoms with van der Waals surface area (Å²) < 4.78 is 25.0. The second-order valence-electron chi connectivity index (χ2n) is 1.79. The Balaban J connectivity index is 3.36. The standard InChI is InChI=1S/C6H2F2INO/c7-3-1-2-4(10-11)5(8)6(3)9/h1-2H. The molecule has 2 nitrogen and oxygen atoms in total. The summed E-state index contributed by atoms with van der Waals surface area (Å²) in [4.78, 5) is 9.88. The van der Waals surface area contributed by atoms with Crippen molar-refractivity contribution >= 4 is 28.3 Å². The van der Waals surface area contributed by atoms with Crippen LogP contribution >= 0.6 is 22.6 Å². The predicted octanol–water partition coefficient (Wildman–Crippen LogP) is 2.97. The largest absolute Gasteiger partial charge is 0.206 e. The highest BCUT2D eigenvalue weighted by Gasteiger charge is 2.10. The van der Waals surface area contributed by atoms with Crippen LogP contribution in [-0.4, -0.2) is 0 Å². The Morgan fingerprint density at radius 1 is 1.36 bits per heavy atom. The Bertz CT molecular complexity index is 303. The van der Waals surface area contributed by atoms with Crippen molar-refractivity contribution in [1.82, 2.24) is 0 Å². The van der Waals surface area contributed by atoms with Gasteiger partial charge < -0.3 is 0 Å². The SMILES string of the molecule is O=Nc1ccc(F)c(I)c1F. The van der Waals surface area contributed by atoms with Crippen LogP contribution in [0.25, 0.3) is 0 Å². The lowest BCUT2D eigenvalue weighted by molar-refractivity contribution is 0.572. The molecule has 11 heavy (non-hydrogen) atoms. The summed E-state index contributed by atoms with van der Waals surface area (Å²) in [5, 5.41) is 2.38.